The van der Waals surface area contributed by atoms with Crippen LogP contribution in [0.1, 0.15) is 39.8 Å². The van der Waals surface area contributed by atoms with Crippen molar-refractivity contribution >= 4 is 34.9 Å². The minimum Gasteiger partial charge on any atom is -0.497 e. The van der Waals surface area contributed by atoms with Gasteiger partial charge in [-0.2, -0.15) is 0 Å². The average molecular weight is 484 g/mol. The predicted molar refractivity (Wildman–Crippen MR) is 127 cm³/mol. The summed E-state index contributed by atoms with van der Waals surface area (Å²) in [5, 5.41) is 16.7. The summed E-state index contributed by atoms with van der Waals surface area (Å²) in [5.41, 5.74) is 1.37. The average Bonchev–Trinajstić information content (AvgIpc) is 3.33. The van der Waals surface area contributed by atoms with Crippen LogP contribution in [-0.2, 0) is 16.1 Å². The predicted octanol–water partition coefficient (Wildman–Crippen LogP) is 3.29. The molecular weight excluding hydrogens is 458 g/mol. The van der Waals surface area contributed by atoms with Gasteiger partial charge in [-0.05, 0) is 36.8 Å². The van der Waals surface area contributed by atoms with Crippen LogP contribution in [0.5, 0.6) is 5.75 Å². The number of carbonyl (C=O) groups is 3. The molecule has 3 aromatic rings. The van der Waals surface area contributed by atoms with Crippen molar-refractivity contribution < 1.29 is 23.9 Å². The molecule has 3 N–H and O–H groups in total. The Hall–Kier alpha value is -3.99. The zero-order valence-electron chi connectivity index (χ0n) is 18.7. The number of hydrogen-bond donors (Lipinski definition) is 3. The van der Waals surface area contributed by atoms with Crippen LogP contribution in [0.3, 0.4) is 0 Å². The smallest absolute Gasteiger partial charge is 0.315 e. The van der Waals surface area contributed by atoms with E-state index in [1.54, 1.807) is 38.3 Å². The SMILES string of the molecule is CCOC(=O)C[C@@H](NC(=O)NCc1nnc(C(=O)Nc2ccc(OC)cc2)s1)c1ccccc1. The number of nitrogens with one attached hydrogen (secondary N) is 3. The Morgan fingerprint density at radius 2 is 1.76 bits per heavy atom. The zero-order chi connectivity index (χ0) is 24.3. The summed E-state index contributed by atoms with van der Waals surface area (Å²) in [6.45, 7) is 2.06. The standard InChI is InChI=1S/C23H25N5O5S/c1-3-33-20(29)13-18(15-7-5-4-6-8-15)26-23(31)24-14-19-27-28-22(34-19)21(30)25-16-9-11-17(32-2)12-10-16/h4-12,18H,3,13-14H2,1-2H3,(H,25,30)(H2,24,26,31)/t18-/m1/s1. The molecule has 0 aliphatic rings. The van der Waals surface area contributed by atoms with Gasteiger partial charge in [-0.25, -0.2) is 4.79 Å². The van der Waals surface area contributed by atoms with Crippen molar-refractivity contribution in [3.8, 4) is 5.75 Å². The Kier molecular flexibility index (Phi) is 8.92. The van der Waals surface area contributed by atoms with E-state index in [-0.39, 0.29) is 24.6 Å². The first-order valence-corrected chi connectivity index (χ1v) is 11.3. The first-order chi connectivity index (χ1) is 16.5. The summed E-state index contributed by atoms with van der Waals surface area (Å²) in [6, 6.07) is 15.0. The van der Waals surface area contributed by atoms with Crippen LogP contribution in [0.15, 0.2) is 54.6 Å². The van der Waals surface area contributed by atoms with E-state index in [4.69, 9.17) is 9.47 Å². The number of amides is 3. The molecule has 0 unspecified atom stereocenters. The van der Waals surface area contributed by atoms with E-state index >= 15 is 0 Å². The van der Waals surface area contributed by atoms with E-state index in [0.717, 1.165) is 16.9 Å². The maximum atomic E-state index is 12.5. The van der Waals surface area contributed by atoms with Crippen molar-refractivity contribution in [1.29, 1.82) is 0 Å². The summed E-state index contributed by atoms with van der Waals surface area (Å²) in [7, 11) is 1.56. The number of methoxy groups -OCH3 is 1. The summed E-state index contributed by atoms with van der Waals surface area (Å²) in [6.07, 6.45) is -0.000237. The molecule has 1 heterocycles. The highest BCUT2D eigenvalue weighted by atomic mass is 32.1. The molecule has 0 aliphatic heterocycles. The number of rotatable bonds is 10. The molecule has 2 aromatic carbocycles. The number of ether oxygens (including phenoxy) is 2. The largest absolute Gasteiger partial charge is 0.497 e. The number of urea groups is 1. The lowest BCUT2D eigenvalue weighted by molar-refractivity contribution is -0.143. The van der Waals surface area contributed by atoms with E-state index in [2.05, 4.69) is 26.1 Å². The Balaban J connectivity index is 1.54. The van der Waals surface area contributed by atoms with Gasteiger partial charge in [0.25, 0.3) is 5.91 Å². The van der Waals surface area contributed by atoms with Gasteiger partial charge >= 0.3 is 12.0 Å². The fourth-order valence-corrected chi connectivity index (χ4v) is 3.64. The lowest BCUT2D eigenvalue weighted by Crippen LogP contribution is -2.38. The van der Waals surface area contributed by atoms with E-state index in [9.17, 15) is 14.4 Å². The molecule has 34 heavy (non-hydrogen) atoms. The maximum Gasteiger partial charge on any atom is 0.315 e. The number of hydrogen-bond acceptors (Lipinski definition) is 8. The third kappa shape index (κ3) is 7.27. The Morgan fingerprint density at radius 1 is 1.03 bits per heavy atom. The second-order valence-electron chi connectivity index (χ2n) is 6.98. The summed E-state index contributed by atoms with van der Waals surface area (Å²) in [5.74, 6) is -0.137. The minimum absolute atomic E-state index is 0.000237. The fraction of sp³-hybridized carbons (Fsp3) is 0.261. The van der Waals surface area contributed by atoms with Gasteiger partial charge in [0, 0.05) is 5.69 Å². The van der Waals surface area contributed by atoms with Gasteiger partial charge in [-0.3, -0.25) is 9.59 Å². The molecule has 0 spiro atoms. The third-order valence-corrected chi connectivity index (χ3v) is 5.51. The molecule has 1 atom stereocenters. The molecule has 3 rings (SSSR count). The highest BCUT2D eigenvalue weighted by Gasteiger charge is 2.20. The van der Waals surface area contributed by atoms with Crippen molar-refractivity contribution in [2.45, 2.75) is 25.9 Å². The Morgan fingerprint density at radius 3 is 2.44 bits per heavy atom. The van der Waals surface area contributed by atoms with Gasteiger partial charge in [0.1, 0.15) is 10.8 Å². The number of aromatic nitrogens is 2. The molecular formula is C23H25N5O5S. The Labute approximate surface area is 200 Å². The van der Waals surface area contributed by atoms with Crippen LogP contribution in [-0.4, -0.2) is 41.8 Å². The Bertz CT molecular complexity index is 1100. The highest BCUT2D eigenvalue weighted by molar-refractivity contribution is 7.13. The molecule has 0 radical (unpaired) electrons. The number of carbonyl (C=O) groups excluding carboxylic acids is 3. The van der Waals surface area contributed by atoms with Gasteiger partial charge in [-0.1, -0.05) is 41.7 Å². The molecule has 0 aliphatic carbocycles. The highest BCUT2D eigenvalue weighted by Crippen LogP contribution is 2.18. The van der Waals surface area contributed by atoms with Crippen LogP contribution in [0.25, 0.3) is 0 Å². The number of esters is 1. The van der Waals surface area contributed by atoms with Crippen LogP contribution in [0, 0.1) is 0 Å². The van der Waals surface area contributed by atoms with Gasteiger partial charge in [-0.15, -0.1) is 10.2 Å². The third-order valence-electron chi connectivity index (χ3n) is 4.59. The lowest BCUT2D eigenvalue weighted by Gasteiger charge is -2.18. The molecule has 0 bridgehead atoms. The molecule has 3 amide bonds. The second-order valence-corrected chi connectivity index (χ2v) is 8.05. The van der Waals surface area contributed by atoms with Gasteiger partial charge in [0.05, 0.1) is 32.7 Å². The summed E-state index contributed by atoms with van der Waals surface area (Å²) < 4.78 is 10.1. The van der Waals surface area contributed by atoms with Gasteiger partial charge in [0.15, 0.2) is 0 Å². The molecule has 11 heteroatoms. The maximum absolute atomic E-state index is 12.5. The quantitative estimate of drug-likeness (QED) is 0.377. The van der Waals surface area contributed by atoms with Crippen LogP contribution in [0.2, 0.25) is 0 Å². The van der Waals surface area contributed by atoms with E-state index < -0.39 is 23.9 Å². The molecule has 1 aromatic heterocycles. The van der Waals surface area contributed by atoms with E-state index in [1.807, 2.05) is 30.3 Å². The normalized spacial score (nSPS) is 11.2. The monoisotopic (exact) mass is 483 g/mol. The van der Waals surface area contributed by atoms with Crippen molar-refractivity contribution in [3.63, 3.8) is 0 Å². The number of anilines is 1. The van der Waals surface area contributed by atoms with Crippen molar-refractivity contribution in [1.82, 2.24) is 20.8 Å². The molecule has 0 saturated carbocycles. The van der Waals surface area contributed by atoms with E-state index in [1.165, 1.54) is 0 Å². The van der Waals surface area contributed by atoms with Crippen molar-refractivity contribution in [2.75, 3.05) is 19.0 Å². The van der Waals surface area contributed by atoms with Crippen molar-refractivity contribution in [3.05, 3.63) is 70.2 Å². The first-order valence-electron chi connectivity index (χ1n) is 10.5. The van der Waals surface area contributed by atoms with Gasteiger partial charge in [0.2, 0.25) is 5.01 Å². The van der Waals surface area contributed by atoms with Crippen LogP contribution < -0.4 is 20.7 Å². The van der Waals surface area contributed by atoms with Crippen molar-refractivity contribution in [2.24, 2.45) is 0 Å². The molecule has 10 nitrogen and oxygen atoms in total. The summed E-state index contributed by atoms with van der Waals surface area (Å²) >= 11 is 1.07. The zero-order valence-corrected chi connectivity index (χ0v) is 19.6. The number of nitrogens with zero attached hydrogens (tertiary/aromatic N) is 2. The minimum atomic E-state index is -0.555. The molecule has 0 saturated heterocycles. The van der Waals surface area contributed by atoms with Gasteiger partial charge < -0.3 is 25.4 Å². The van der Waals surface area contributed by atoms with Crippen LogP contribution >= 0.6 is 11.3 Å². The summed E-state index contributed by atoms with van der Waals surface area (Å²) in [4.78, 5) is 36.8. The fourth-order valence-electron chi connectivity index (χ4n) is 2.97. The topological polar surface area (TPSA) is 132 Å². The first kappa shape index (κ1) is 24.6. The molecule has 178 valence electrons. The van der Waals surface area contributed by atoms with E-state index in [0.29, 0.717) is 16.4 Å². The second kappa shape index (κ2) is 12.3. The number of benzene rings is 2. The van der Waals surface area contributed by atoms with Crippen LogP contribution in [0.4, 0.5) is 10.5 Å². The molecule has 0 fully saturated rings. The lowest BCUT2D eigenvalue weighted by atomic mass is 10.0.